The molecule has 6 aliphatic rings. The number of imide groups is 2. The fourth-order valence-electron chi connectivity index (χ4n) is 10.5. The van der Waals surface area contributed by atoms with E-state index in [1.807, 2.05) is 17.0 Å². The lowest BCUT2D eigenvalue weighted by molar-refractivity contribution is -0.146. The zero-order chi connectivity index (χ0) is 39.0. The average molecular weight is 764 g/mol. The van der Waals surface area contributed by atoms with Gasteiger partial charge in [-0.25, -0.2) is 0 Å². The van der Waals surface area contributed by atoms with Crippen LogP contribution in [0, 0.1) is 5.41 Å². The van der Waals surface area contributed by atoms with E-state index in [1.54, 1.807) is 12.1 Å². The van der Waals surface area contributed by atoms with Gasteiger partial charge in [0, 0.05) is 62.7 Å². The maximum atomic E-state index is 13.5. The molecule has 1 unspecified atom stereocenters. The van der Waals surface area contributed by atoms with E-state index in [0.717, 1.165) is 67.9 Å². The minimum atomic E-state index is -0.991. The number of likely N-dealkylation sites (tertiary alicyclic amines) is 1. The van der Waals surface area contributed by atoms with Gasteiger partial charge >= 0.3 is 0 Å². The van der Waals surface area contributed by atoms with Crippen LogP contribution in [-0.4, -0.2) is 88.1 Å². The molecule has 0 saturated carbocycles. The number of benzene rings is 4. The Morgan fingerprint density at radius 3 is 2.11 bits per heavy atom. The number of hydrogen-bond acceptors (Lipinski definition) is 8. The Morgan fingerprint density at radius 2 is 1.44 bits per heavy atom. The van der Waals surface area contributed by atoms with Crippen LogP contribution < -0.4 is 10.2 Å². The first-order valence-electron chi connectivity index (χ1n) is 20.2. The summed E-state index contributed by atoms with van der Waals surface area (Å²) in [6.07, 6.45) is 4.26. The summed E-state index contributed by atoms with van der Waals surface area (Å²) in [6, 6.07) is 28.3. The van der Waals surface area contributed by atoms with Crippen LogP contribution in [0.4, 0.5) is 5.69 Å². The Labute approximate surface area is 331 Å². The number of rotatable bonds is 6. The molecule has 3 saturated heterocycles. The number of carbonyl (C=O) groups excluding carboxylic acids is 5. The third-order valence-electron chi connectivity index (χ3n) is 13.6. The average Bonchev–Trinajstić information content (AvgIpc) is 3.71. The number of anilines is 1. The van der Waals surface area contributed by atoms with Crippen LogP contribution in [0.2, 0.25) is 0 Å². The molecular formula is C46H45N5O6. The van der Waals surface area contributed by atoms with Crippen molar-refractivity contribution in [2.24, 2.45) is 5.41 Å². The van der Waals surface area contributed by atoms with E-state index in [9.17, 15) is 29.1 Å². The van der Waals surface area contributed by atoms with E-state index in [1.165, 1.54) is 27.9 Å². The third-order valence-corrected chi connectivity index (χ3v) is 13.6. The topological polar surface area (TPSA) is 131 Å². The van der Waals surface area contributed by atoms with Crippen molar-refractivity contribution in [3.05, 3.63) is 129 Å². The number of hydrogen-bond donors (Lipinski definition) is 2. The van der Waals surface area contributed by atoms with Gasteiger partial charge in [-0.05, 0) is 108 Å². The molecule has 0 bridgehead atoms. The molecule has 57 heavy (non-hydrogen) atoms. The van der Waals surface area contributed by atoms with Gasteiger partial charge < -0.3 is 14.9 Å². The number of phenolic OH excluding ortho intramolecular Hbond substituents is 1. The molecule has 4 aromatic rings. The van der Waals surface area contributed by atoms with E-state index in [2.05, 4.69) is 75.8 Å². The van der Waals surface area contributed by atoms with Crippen molar-refractivity contribution in [1.29, 1.82) is 0 Å². The zero-order valence-corrected chi connectivity index (χ0v) is 31.8. The smallest absolute Gasteiger partial charge is 0.262 e. The molecule has 290 valence electrons. The minimum absolute atomic E-state index is 0.0796. The summed E-state index contributed by atoms with van der Waals surface area (Å²) in [5.74, 6) is -1.04. The van der Waals surface area contributed by atoms with Gasteiger partial charge in [0.15, 0.2) is 0 Å². The molecule has 3 atom stereocenters. The molecule has 0 radical (unpaired) electrons. The molecule has 2 N–H and O–H groups in total. The number of nitrogens with zero attached hydrogens (tertiary/aromatic N) is 4. The summed E-state index contributed by atoms with van der Waals surface area (Å²) in [5.41, 5.74) is 8.93. The molecule has 5 heterocycles. The highest BCUT2D eigenvalue weighted by atomic mass is 16.3. The molecule has 3 fully saturated rings. The van der Waals surface area contributed by atoms with Crippen molar-refractivity contribution < 1.29 is 29.1 Å². The van der Waals surface area contributed by atoms with Crippen molar-refractivity contribution in [1.82, 2.24) is 20.0 Å². The Balaban J connectivity index is 0.739. The zero-order valence-electron chi connectivity index (χ0n) is 31.8. The third kappa shape index (κ3) is 6.19. The highest BCUT2D eigenvalue weighted by Crippen LogP contribution is 2.48. The Bertz CT molecular complexity index is 2280. The van der Waals surface area contributed by atoms with E-state index in [0.29, 0.717) is 24.8 Å². The van der Waals surface area contributed by atoms with Gasteiger partial charge in [-0.3, -0.25) is 39.1 Å². The normalized spacial score (nSPS) is 23.9. The molecule has 1 aliphatic carbocycles. The second-order valence-corrected chi connectivity index (χ2v) is 17.0. The van der Waals surface area contributed by atoms with Gasteiger partial charge in [-0.15, -0.1) is 0 Å². The Morgan fingerprint density at radius 1 is 0.754 bits per heavy atom. The molecule has 0 aromatic heterocycles. The molecule has 11 nitrogen and oxygen atoms in total. The second kappa shape index (κ2) is 13.7. The number of aromatic hydroxyl groups is 1. The first kappa shape index (κ1) is 35.6. The monoisotopic (exact) mass is 763 g/mol. The SMILES string of the molecule is O=C1CCC(N2C(=O)c3cc4c(cc3C2=O)CN(CC(=O)N2CC3(CCN(c5ccc([C@@H]6c7ccc(O)cc7CC[C@@H]6c6ccccc6)cc5)CC3)C2)C4)C(=O)N1. The largest absolute Gasteiger partial charge is 0.508 e. The predicted molar refractivity (Wildman–Crippen MR) is 212 cm³/mol. The molecular weight excluding hydrogens is 719 g/mol. The second-order valence-electron chi connectivity index (χ2n) is 17.0. The summed E-state index contributed by atoms with van der Waals surface area (Å²) in [7, 11) is 0. The molecule has 5 amide bonds. The highest BCUT2D eigenvalue weighted by molar-refractivity contribution is 6.23. The maximum absolute atomic E-state index is 13.5. The highest BCUT2D eigenvalue weighted by Gasteiger charge is 2.48. The van der Waals surface area contributed by atoms with Crippen LogP contribution in [-0.2, 0) is 33.9 Å². The fraction of sp³-hybridized carbons (Fsp3) is 0.370. The number of nitrogens with one attached hydrogen (secondary N) is 1. The molecule has 11 heteroatoms. The Hall–Kier alpha value is -5.81. The van der Waals surface area contributed by atoms with Crippen molar-refractivity contribution >= 4 is 35.2 Å². The van der Waals surface area contributed by atoms with Gasteiger partial charge in [0.05, 0.1) is 17.7 Å². The number of amides is 5. The van der Waals surface area contributed by atoms with Gasteiger partial charge in [0.2, 0.25) is 17.7 Å². The van der Waals surface area contributed by atoms with Crippen molar-refractivity contribution in [3.63, 3.8) is 0 Å². The lowest BCUT2D eigenvalue weighted by Gasteiger charge is -2.54. The summed E-state index contributed by atoms with van der Waals surface area (Å²) >= 11 is 0. The lowest BCUT2D eigenvalue weighted by atomic mass is 9.69. The number of aryl methyl sites for hydroxylation is 1. The van der Waals surface area contributed by atoms with Crippen LogP contribution in [0.15, 0.2) is 84.9 Å². The number of piperidine rings is 2. The quantitative estimate of drug-likeness (QED) is 0.260. The van der Waals surface area contributed by atoms with Gasteiger partial charge in [-0.1, -0.05) is 48.5 Å². The van der Waals surface area contributed by atoms with Crippen molar-refractivity contribution in [2.45, 2.75) is 69.5 Å². The fourth-order valence-corrected chi connectivity index (χ4v) is 10.5. The number of fused-ring (bicyclic) bond motifs is 3. The summed E-state index contributed by atoms with van der Waals surface area (Å²) in [4.78, 5) is 71.7. The molecule has 4 aromatic carbocycles. The number of phenols is 1. The van der Waals surface area contributed by atoms with Crippen LogP contribution in [0.3, 0.4) is 0 Å². The van der Waals surface area contributed by atoms with E-state index < -0.39 is 29.7 Å². The number of carbonyl (C=O) groups is 5. The van der Waals surface area contributed by atoms with Crippen LogP contribution in [0.5, 0.6) is 5.75 Å². The van der Waals surface area contributed by atoms with E-state index >= 15 is 0 Å². The summed E-state index contributed by atoms with van der Waals surface area (Å²) in [5, 5.41) is 12.5. The van der Waals surface area contributed by atoms with Gasteiger partial charge in [0.25, 0.3) is 11.8 Å². The summed E-state index contributed by atoms with van der Waals surface area (Å²) < 4.78 is 0. The van der Waals surface area contributed by atoms with Crippen LogP contribution in [0.1, 0.15) is 98.0 Å². The van der Waals surface area contributed by atoms with Crippen molar-refractivity contribution in [3.8, 4) is 5.75 Å². The molecule has 1 spiro atoms. The lowest BCUT2D eigenvalue weighted by Crippen LogP contribution is -2.63. The standard InChI is InChI=1S/C46H45N5O6/c52-34-11-13-36-30(20-34)8-12-35(28-4-2-1-3-5-28)42(36)29-6-9-33(10-7-29)49-18-16-46(17-19-49)26-50(27-46)41(54)25-48-23-31-21-37-38(22-32(31)24-48)45(57)51(44(37)56)39-14-15-40(53)47-43(39)55/h1-7,9-11,13,20-22,35,39,42,52H,8,12,14-19,23-27H2,(H,47,53,55)/t35-,39?,42+/m1/s1. The molecule has 5 aliphatic heterocycles. The van der Waals surface area contributed by atoms with Gasteiger partial charge in [0.1, 0.15) is 11.8 Å². The van der Waals surface area contributed by atoms with Crippen molar-refractivity contribution in [2.75, 3.05) is 37.6 Å². The molecule has 10 rings (SSSR count). The van der Waals surface area contributed by atoms with Gasteiger partial charge in [-0.2, -0.15) is 0 Å². The first-order chi connectivity index (χ1) is 27.6. The summed E-state index contributed by atoms with van der Waals surface area (Å²) in [6.45, 7) is 4.72. The minimum Gasteiger partial charge on any atom is -0.508 e. The van der Waals surface area contributed by atoms with Crippen LogP contribution in [0.25, 0.3) is 0 Å². The van der Waals surface area contributed by atoms with E-state index in [-0.39, 0.29) is 47.8 Å². The van der Waals surface area contributed by atoms with Crippen LogP contribution >= 0.6 is 0 Å². The maximum Gasteiger partial charge on any atom is 0.262 e. The first-order valence-corrected chi connectivity index (χ1v) is 20.2. The Kier molecular flexibility index (Phi) is 8.55. The predicted octanol–water partition coefficient (Wildman–Crippen LogP) is 5.10. The van der Waals surface area contributed by atoms with E-state index in [4.69, 9.17) is 0 Å².